The Balaban J connectivity index is 2.40. The van der Waals surface area contributed by atoms with Crippen molar-refractivity contribution < 1.29 is 18.3 Å². The Bertz CT molecular complexity index is 756. The van der Waals surface area contributed by atoms with Crippen molar-refractivity contribution in [2.24, 2.45) is 0 Å². The Morgan fingerprint density at radius 3 is 2.76 bits per heavy atom. The molecule has 0 spiro atoms. The van der Waals surface area contributed by atoms with Gasteiger partial charge in [0.2, 0.25) is 10.0 Å². The first kappa shape index (κ1) is 15.0. The first-order valence-electron chi connectivity index (χ1n) is 5.95. The molecule has 1 aromatic heterocycles. The van der Waals surface area contributed by atoms with Crippen LogP contribution in [0.15, 0.2) is 35.5 Å². The number of nitrogens with zero attached hydrogens (tertiary/aromatic N) is 1. The maximum Gasteiger partial charge on any atom is 0.337 e. The molecular weight excluding hydrogens is 296 g/mol. The number of carboxylic acid groups (broad SMARTS) is 1. The second-order valence-electron chi connectivity index (χ2n) is 4.38. The fourth-order valence-electron chi connectivity index (χ4n) is 1.80. The number of sulfonamides is 1. The van der Waals surface area contributed by atoms with Gasteiger partial charge in [0, 0.05) is 18.1 Å². The van der Waals surface area contributed by atoms with E-state index in [9.17, 15) is 13.2 Å². The molecule has 9 heteroatoms. The third-order valence-corrected chi connectivity index (χ3v) is 4.37. The van der Waals surface area contributed by atoms with Crippen LogP contribution in [0.25, 0.3) is 0 Å². The number of hydrogen-bond donors (Lipinski definition) is 4. The van der Waals surface area contributed by atoms with Crippen molar-refractivity contribution >= 4 is 21.7 Å². The van der Waals surface area contributed by atoms with E-state index in [2.05, 4.69) is 14.7 Å². The molecule has 0 aliphatic rings. The summed E-state index contributed by atoms with van der Waals surface area (Å²) in [5, 5.41) is 9.09. The zero-order valence-corrected chi connectivity index (χ0v) is 11.9. The maximum atomic E-state index is 12.3. The molecule has 2 aromatic rings. The van der Waals surface area contributed by atoms with Crippen LogP contribution in [0.1, 0.15) is 29.1 Å². The molecule has 0 amide bonds. The van der Waals surface area contributed by atoms with Gasteiger partial charge in [-0.05, 0) is 25.1 Å². The third kappa shape index (κ3) is 3.20. The maximum absolute atomic E-state index is 12.3. The highest BCUT2D eigenvalue weighted by Gasteiger charge is 2.25. The van der Waals surface area contributed by atoms with Gasteiger partial charge >= 0.3 is 5.97 Å². The lowest BCUT2D eigenvalue weighted by molar-refractivity contribution is 0.0692. The molecular formula is C12H14N4O4S. The first-order valence-corrected chi connectivity index (χ1v) is 7.44. The first-order chi connectivity index (χ1) is 9.81. The van der Waals surface area contributed by atoms with Crippen LogP contribution in [0.5, 0.6) is 0 Å². The number of aromatic nitrogens is 2. The summed E-state index contributed by atoms with van der Waals surface area (Å²) in [5.74, 6) is -0.930. The number of carboxylic acids is 1. The number of rotatable bonds is 5. The van der Waals surface area contributed by atoms with E-state index in [1.165, 1.54) is 12.3 Å². The number of H-pyrrole nitrogens is 1. The fourth-order valence-corrected chi connectivity index (χ4v) is 3.24. The summed E-state index contributed by atoms with van der Waals surface area (Å²) in [6, 6.07) is 2.95. The van der Waals surface area contributed by atoms with Gasteiger partial charge in [-0.3, -0.25) is 0 Å². The number of nitrogens with one attached hydrogen (secondary N) is 2. The van der Waals surface area contributed by atoms with Crippen molar-refractivity contribution in [3.8, 4) is 0 Å². The molecule has 112 valence electrons. The average molecular weight is 310 g/mol. The lowest BCUT2D eigenvalue weighted by Gasteiger charge is -2.14. The van der Waals surface area contributed by atoms with Crippen molar-refractivity contribution in [1.29, 1.82) is 0 Å². The van der Waals surface area contributed by atoms with Gasteiger partial charge in [-0.15, -0.1) is 0 Å². The van der Waals surface area contributed by atoms with E-state index in [-0.39, 0.29) is 16.1 Å². The molecule has 0 bridgehead atoms. The van der Waals surface area contributed by atoms with Crippen LogP contribution in [0.2, 0.25) is 0 Å². The smallest absolute Gasteiger partial charge is 0.337 e. The molecule has 1 atom stereocenters. The highest BCUT2D eigenvalue weighted by atomic mass is 32.2. The summed E-state index contributed by atoms with van der Waals surface area (Å²) >= 11 is 0. The molecule has 0 aliphatic heterocycles. The monoisotopic (exact) mass is 310 g/mol. The summed E-state index contributed by atoms with van der Waals surface area (Å²) < 4.78 is 27.0. The van der Waals surface area contributed by atoms with Crippen molar-refractivity contribution in [3.63, 3.8) is 0 Å². The van der Waals surface area contributed by atoms with Crippen molar-refractivity contribution in [2.45, 2.75) is 17.9 Å². The van der Waals surface area contributed by atoms with E-state index in [4.69, 9.17) is 10.8 Å². The van der Waals surface area contributed by atoms with E-state index in [1.54, 1.807) is 13.1 Å². The number of aromatic carboxylic acids is 1. The quantitative estimate of drug-likeness (QED) is 0.600. The number of nitrogens with two attached hydrogens (primary N) is 1. The van der Waals surface area contributed by atoms with Crippen molar-refractivity contribution in [1.82, 2.24) is 14.7 Å². The van der Waals surface area contributed by atoms with Gasteiger partial charge in [0.1, 0.15) is 5.82 Å². The van der Waals surface area contributed by atoms with Crippen LogP contribution in [-0.2, 0) is 10.0 Å². The molecule has 2 rings (SSSR count). The van der Waals surface area contributed by atoms with Crippen LogP contribution < -0.4 is 10.5 Å². The molecule has 0 aliphatic carbocycles. The Labute approximate surface area is 121 Å². The summed E-state index contributed by atoms with van der Waals surface area (Å²) in [7, 11) is -4.05. The van der Waals surface area contributed by atoms with Crippen LogP contribution in [0, 0.1) is 0 Å². The summed E-state index contributed by atoms with van der Waals surface area (Å²) in [6.07, 6.45) is 3.05. The predicted molar refractivity (Wildman–Crippen MR) is 75.1 cm³/mol. The Morgan fingerprint density at radius 1 is 1.48 bits per heavy atom. The topological polar surface area (TPSA) is 138 Å². The molecule has 0 saturated heterocycles. The Morgan fingerprint density at radius 2 is 2.19 bits per heavy atom. The third-order valence-electron chi connectivity index (χ3n) is 2.79. The average Bonchev–Trinajstić information content (AvgIpc) is 2.91. The molecule has 21 heavy (non-hydrogen) atoms. The van der Waals surface area contributed by atoms with Gasteiger partial charge < -0.3 is 15.8 Å². The van der Waals surface area contributed by atoms with E-state index in [0.717, 1.165) is 12.1 Å². The fraction of sp³-hybridized carbons (Fsp3) is 0.167. The number of carbonyl (C=O) groups is 1. The summed E-state index contributed by atoms with van der Waals surface area (Å²) in [4.78, 5) is 17.5. The van der Waals surface area contributed by atoms with Gasteiger partial charge in [0.25, 0.3) is 0 Å². The zero-order valence-electron chi connectivity index (χ0n) is 11.1. The van der Waals surface area contributed by atoms with E-state index in [0.29, 0.717) is 5.82 Å². The SMILES string of the molecule is CC(NS(=O)(=O)c1cc(N)ccc1C(=O)O)c1ncc[nH]1. The van der Waals surface area contributed by atoms with Crippen molar-refractivity contribution in [2.75, 3.05) is 5.73 Å². The zero-order chi connectivity index (χ0) is 15.6. The van der Waals surface area contributed by atoms with E-state index in [1.807, 2.05) is 0 Å². The van der Waals surface area contributed by atoms with Gasteiger partial charge in [-0.1, -0.05) is 0 Å². The van der Waals surface area contributed by atoms with Crippen LogP contribution in [-0.4, -0.2) is 29.5 Å². The second kappa shape index (κ2) is 5.54. The Hall–Kier alpha value is -2.39. The van der Waals surface area contributed by atoms with Crippen LogP contribution in [0.3, 0.4) is 0 Å². The number of aromatic amines is 1. The highest BCUT2D eigenvalue weighted by Crippen LogP contribution is 2.21. The molecule has 1 unspecified atom stereocenters. The van der Waals surface area contributed by atoms with E-state index < -0.39 is 22.0 Å². The minimum absolute atomic E-state index is 0.158. The summed E-state index contributed by atoms with van der Waals surface area (Å²) in [5.41, 5.74) is 5.36. The normalized spacial score (nSPS) is 13.0. The minimum Gasteiger partial charge on any atom is -0.478 e. The standard InChI is InChI=1S/C12H14N4O4S/c1-7(11-14-4-5-15-11)16-21(19,20)10-6-8(13)2-3-9(10)12(17)18/h2-7,16H,13H2,1H3,(H,14,15)(H,17,18). The largest absolute Gasteiger partial charge is 0.478 e. The van der Waals surface area contributed by atoms with Crippen LogP contribution >= 0.6 is 0 Å². The predicted octanol–water partition coefficient (Wildman–Crippen LogP) is 0.730. The number of imidazole rings is 1. The lowest BCUT2D eigenvalue weighted by atomic mass is 10.2. The molecule has 0 fully saturated rings. The summed E-state index contributed by atoms with van der Waals surface area (Å²) in [6.45, 7) is 1.59. The molecule has 0 saturated carbocycles. The number of nitrogen functional groups attached to an aromatic ring is 1. The molecule has 0 radical (unpaired) electrons. The minimum atomic E-state index is -4.05. The highest BCUT2D eigenvalue weighted by molar-refractivity contribution is 7.89. The Kier molecular flexibility index (Phi) is 3.96. The second-order valence-corrected chi connectivity index (χ2v) is 6.06. The number of hydrogen-bond acceptors (Lipinski definition) is 5. The van der Waals surface area contributed by atoms with Gasteiger partial charge in [-0.2, -0.15) is 0 Å². The molecule has 1 heterocycles. The number of anilines is 1. The van der Waals surface area contributed by atoms with Crippen LogP contribution in [0.4, 0.5) is 5.69 Å². The number of benzene rings is 1. The molecule has 5 N–H and O–H groups in total. The van der Waals surface area contributed by atoms with E-state index >= 15 is 0 Å². The molecule has 8 nitrogen and oxygen atoms in total. The van der Waals surface area contributed by atoms with Gasteiger partial charge in [0.15, 0.2) is 0 Å². The van der Waals surface area contributed by atoms with Gasteiger partial charge in [-0.25, -0.2) is 22.9 Å². The molecule has 1 aromatic carbocycles. The lowest BCUT2D eigenvalue weighted by Crippen LogP contribution is -2.29. The van der Waals surface area contributed by atoms with Crippen molar-refractivity contribution in [3.05, 3.63) is 42.0 Å². The van der Waals surface area contributed by atoms with Gasteiger partial charge in [0.05, 0.1) is 16.5 Å².